The number of carbonyl (C=O) groups excluding carboxylic acids is 2. The number of thioether (sulfide) groups is 1. The van der Waals surface area contributed by atoms with Crippen molar-refractivity contribution in [3.05, 3.63) is 17.8 Å². The van der Waals surface area contributed by atoms with Crippen LogP contribution in [0.15, 0.2) is 10.7 Å². The second kappa shape index (κ2) is 5.55. The number of nitrogens with zero attached hydrogens (tertiary/aromatic N) is 1. The fourth-order valence-electron chi connectivity index (χ4n) is 0.926. The molecule has 5 nitrogen and oxygen atoms in total. The Balaban J connectivity index is 2.60. The van der Waals surface area contributed by atoms with Gasteiger partial charge >= 0.3 is 5.97 Å². The van der Waals surface area contributed by atoms with Gasteiger partial charge in [-0.3, -0.25) is 4.79 Å². The lowest BCUT2D eigenvalue weighted by molar-refractivity contribution is -0.110. The summed E-state index contributed by atoms with van der Waals surface area (Å²) in [6, 6.07) is 0. The molecule has 0 fully saturated rings. The van der Waals surface area contributed by atoms with Gasteiger partial charge in [0, 0.05) is 0 Å². The third-order valence-electron chi connectivity index (χ3n) is 1.55. The minimum Gasteiger partial charge on any atom is -0.464 e. The first-order chi connectivity index (χ1) is 7.17. The van der Waals surface area contributed by atoms with E-state index in [4.69, 9.17) is 4.42 Å². The van der Waals surface area contributed by atoms with Crippen LogP contribution in [0.3, 0.4) is 0 Å². The average Bonchev–Trinajstić information content (AvgIpc) is 2.65. The van der Waals surface area contributed by atoms with E-state index in [0.29, 0.717) is 5.75 Å². The van der Waals surface area contributed by atoms with Crippen molar-refractivity contribution < 1.29 is 18.7 Å². The van der Waals surface area contributed by atoms with Gasteiger partial charge in [0.2, 0.25) is 5.89 Å². The Bertz CT molecular complexity index is 361. The molecule has 82 valence electrons. The first-order valence-electron chi connectivity index (χ1n) is 4.35. The van der Waals surface area contributed by atoms with E-state index in [2.05, 4.69) is 9.72 Å². The van der Waals surface area contributed by atoms with Crippen molar-refractivity contribution in [1.82, 2.24) is 4.98 Å². The van der Waals surface area contributed by atoms with Gasteiger partial charge in [0.25, 0.3) is 0 Å². The number of oxazole rings is 1. The summed E-state index contributed by atoms with van der Waals surface area (Å²) < 4.78 is 9.41. The lowest BCUT2D eigenvalue weighted by atomic mass is 10.4. The zero-order valence-electron chi connectivity index (χ0n) is 8.48. The molecule has 0 aliphatic rings. The first kappa shape index (κ1) is 11.8. The number of ether oxygens (including phenoxy) is 1. The molecular formula is C9H11NO4S. The minimum atomic E-state index is -0.569. The van der Waals surface area contributed by atoms with Gasteiger partial charge in [-0.1, -0.05) is 18.7 Å². The van der Waals surface area contributed by atoms with E-state index in [1.54, 1.807) is 0 Å². The maximum atomic E-state index is 11.2. The Morgan fingerprint density at radius 1 is 1.60 bits per heavy atom. The molecule has 1 aromatic rings. The van der Waals surface area contributed by atoms with Crippen LogP contribution < -0.4 is 0 Å². The molecule has 0 N–H and O–H groups in total. The van der Waals surface area contributed by atoms with E-state index in [9.17, 15) is 9.59 Å². The zero-order chi connectivity index (χ0) is 11.3. The Morgan fingerprint density at radius 3 is 2.93 bits per heavy atom. The zero-order valence-corrected chi connectivity index (χ0v) is 9.30. The number of carbonyl (C=O) groups is 2. The summed E-state index contributed by atoms with van der Waals surface area (Å²) in [6.45, 7) is 1.89. The Kier molecular flexibility index (Phi) is 4.36. The highest BCUT2D eigenvalue weighted by Crippen LogP contribution is 2.09. The van der Waals surface area contributed by atoms with Gasteiger partial charge in [0.05, 0.1) is 13.5 Å². The third-order valence-corrected chi connectivity index (χ3v) is 2.30. The lowest BCUT2D eigenvalue weighted by Crippen LogP contribution is -2.03. The summed E-state index contributed by atoms with van der Waals surface area (Å²) in [5.74, 6) is 0.380. The van der Waals surface area contributed by atoms with Crippen molar-refractivity contribution in [2.45, 2.75) is 13.3 Å². The maximum Gasteiger partial charge on any atom is 0.360 e. The minimum absolute atomic E-state index is 0.0317. The van der Waals surface area contributed by atoms with E-state index in [1.807, 2.05) is 6.92 Å². The summed E-state index contributed by atoms with van der Waals surface area (Å²) >= 11 is 1.19. The van der Waals surface area contributed by atoms with Crippen LogP contribution in [0.25, 0.3) is 0 Å². The lowest BCUT2D eigenvalue weighted by Gasteiger charge is -1.92. The molecule has 0 aromatic carbocycles. The topological polar surface area (TPSA) is 69.4 Å². The molecule has 0 spiro atoms. The summed E-state index contributed by atoms with van der Waals surface area (Å²) in [7, 11) is 1.26. The van der Waals surface area contributed by atoms with Crippen LogP contribution in [0.5, 0.6) is 0 Å². The second-order valence-corrected chi connectivity index (χ2v) is 3.92. The highest BCUT2D eigenvalue weighted by atomic mass is 32.2. The van der Waals surface area contributed by atoms with E-state index < -0.39 is 5.97 Å². The molecule has 0 unspecified atom stereocenters. The largest absolute Gasteiger partial charge is 0.464 e. The fourth-order valence-corrected chi connectivity index (χ4v) is 1.47. The number of methoxy groups -OCH3 is 1. The number of aromatic nitrogens is 1. The van der Waals surface area contributed by atoms with Crippen LogP contribution in [-0.2, 0) is 16.0 Å². The highest BCUT2D eigenvalue weighted by molar-refractivity contribution is 8.13. The maximum absolute atomic E-state index is 11.2. The Morgan fingerprint density at radius 2 is 2.33 bits per heavy atom. The molecule has 0 saturated heterocycles. The van der Waals surface area contributed by atoms with E-state index in [0.717, 1.165) is 0 Å². The van der Waals surface area contributed by atoms with Gasteiger partial charge in [-0.25, -0.2) is 9.78 Å². The van der Waals surface area contributed by atoms with Crippen molar-refractivity contribution in [2.24, 2.45) is 0 Å². The monoisotopic (exact) mass is 229 g/mol. The molecule has 6 heteroatoms. The molecule has 1 heterocycles. The number of hydrogen-bond acceptors (Lipinski definition) is 6. The van der Waals surface area contributed by atoms with E-state index >= 15 is 0 Å². The standard InChI is InChI=1S/C9H11NO4S/c1-3-15-8(11)4-7-10-6(5-14-7)9(12)13-2/h5H,3-4H2,1-2H3. The average molecular weight is 229 g/mol. The van der Waals surface area contributed by atoms with Crippen molar-refractivity contribution in [1.29, 1.82) is 0 Å². The van der Waals surface area contributed by atoms with E-state index in [1.165, 1.54) is 25.1 Å². The van der Waals surface area contributed by atoms with Crippen molar-refractivity contribution >= 4 is 22.8 Å². The molecule has 1 rings (SSSR count). The highest BCUT2D eigenvalue weighted by Gasteiger charge is 2.14. The first-order valence-corrected chi connectivity index (χ1v) is 5.34. The number of esters is 1. The Labute approximate surface area is 91.2 Å². The summed E-state index contributed by atoms with van der Waals surface area (Å²) in [5.41, 5.74) is 0.0850. The second-order valence-electron chi connectivity index (χ2n) is 2.60. The smallest absolute Gasteiger partial charge is 0.360 e. The molecule has 15 heavy (non-hydrogen) atoms. The molecule has 0 radical (unpaired) electrons. The van der Waals surface area contributed by atoms with Gasteiger partial charge in [-0.15, -0.1) is 0 Å². The number of hydrogen-bond donors (Lipinski definition) is 0. The quantitative estimate of drug-likeness (QED) is 0.724. The molecule has 0 aliphatic heterocycles. The van der Waals surface area contributed by atoms with Crippen LogP contribution >= 0.6 is 11.8 Å². The Hall–Kier alpha value is -1.30. The van der Waals surface area contributed by atoms with Gasteiger partial charge in [-0.2, -0.15) is 0 Å². The van der Waals surface area contributed by atoms with Crippen LogP contribution in [0.1, 0.15) is 23.3 Å². The fraction of sp³-hybridized carbons (Fsp3) is 0.444. The molecular weight excluding hydrogens is 218 g/mol. The molecule has 0 aliphatic carbocycles. The molecule has 0 saturated carbocycles. The van der Waals surface area contributed by atoms with Crippen LogP contribution in [-0.4, -0.2) is 28.9 Å². The molecule has 0 atom stereocenters. The predicted molar refractivity (Wildman–Crippen MR) is 54.7 cm³/mol. The van der Waals surface area contributed by atoms with Crippen LogP contribution in [0.4, 0.5) is 0 Å². The summed E-state index contributed by atoms with van der Waals surface area (Å²) in [6.07, 6.45) is 1.28. The van der Waals surface area contributed by atoms with Crippen LogP contribution in [0.2, 0.25) is 0 Å². The van der Waals surface area contributed by atoms with Crippen molar-refractivity contribution in [3.8, 4) is 0 Å². The van der Waals surface area contributed by atoms with Crippen molar-refractivity contribution in [3.63, 3.8) is 0 Å². The van der Waals surface area contributed by atoms with Crippen molar-refractivity contribution in [2.75, 3.05) is 12.9 Å². The van der Waals surface area contributed by atoms with E-state index in [-0.39, 0.29) is 23.1 Å². The van der Waals surface area contributed by atoms with Crippen LogP contribution in [0, 0.1) is 0 Å². The normalized spacial score (nSPS) is 10.0. The summed E-state index contributed by atoms with van der Waals surface area (Å²) in [5, 5.41) is -0.0317. The SMILES string of the molecule is CCSC(=O)Cc1nc(C(=O)OC)co1. The van der Waals surface area contributed by atoms with Gasteiger partial charge in [-0.05, 0) is 5.75 Å². The predicted octanol–water partition coefficient (Wildman–Crippen LogP) is 1.28. The summed E-state index contributed by atoms with van der Waals surface area (Å²) in [4.78, 5) is 26.0. The molecule has 0 amide bonds. The molecule has 0 bridgehead atoms. The third kappa shape index (κ3) is 3.39. The number of rotatable bonds is 4. The van der Waals surface area contributed by atoms with Gasteiger partial charge < -0.3 is 9.15 Å². The molecule has 1 aromatic heterocycles. The van der Waals surface area contributed by atoms with Gasteiger partial charge in [0.1, 0.15) is 6.26 Å². The van der Waals surface area contributed by atoms with Gasteiger partial charge in [0.15, 0.2) is 10.8 Å².